The molecule has 2 rings (SSSR count). The van der Waals surface area contributed by atoms with Crippen LogP contribution in [0.4, 0.5) is 4.39 Å². The van der Waals surface area contributed by atoms with Crippen molar-refractivity contribution in [2.24, 2.45) is 5.41 Å². The Bertz CT molecular complexity index is 507. The first-order valence-electron chi connectivity index (χ1n) is 7.26. The molecule has 1 saturated heterocycles. The molecular weight excluding hydrogens is 289 g/mol. The van der Waals surface area contributed by atoms with Crippen LogP contribution in [0.2, 0.25) is 0 Å². The zero-order valence-electron chi connectivity index (χ0n) is 12.5. The Hall–Kier alpha value is -1.07. The van der Waals surface area contributed by atoms with Gasteiger partial charge in [0.1, 0.15) is 11.9 Å². The van der Waals surface area contributed by atoms with Crippen LogP contribution >= 0.6 is 11.8 Å². The lowest BCUT2D eigenvalue weighted by molar-refractivity contribution is -0.150. The summed E-state index contributed by atoms with van der Waals surface area (Å²) in [6.07, 6.45) is 1.95. The number of hydrogen-bond donors (Lipinski definition) is 1. The molecule has 0 amide bonds. The highest BCUT2D eigenvalue weighted by Gasteiger charge is 2.42. The Balaban J connectivity index is 1.95. The Kier molecular flexibility index (Phi) is 5.27. The number of halogens is 1. The van der Waals surface area contributed by atoms with Gasteiger partial charge in [-0.05, 0) is 36.9 Å². The number of carbonyl (C=O) groups is 1. The number of carboxylic acids is 1. The molecule has 5 heteroatoms. The quantitative estimate of drug-likeness (QED) is 0.845. The van der Waals surface area contributed by atoms with Crippen molar-refractivity contribution in [2.45, 2.75) is 37.6 Å². The van der Waals surface area contributed by atoms with Gasteiger partial charge in [0.25, 0.3) is 0 Å². The summed E-state index contributed by atoms with van der Waals surface area (Å²) in [6.45, 7) is 5.50. The van der Waals surface area contributed by atoms with Crippen LogP contribution in [-0.2, 0) is 4.79 Å². The van der Waals surface area contributed by atoms with Gasteiger partial charge in [-0.3, -0.25) is 9.69 Å². The average molecular weight is 311 g/mol. The number of carboxylic acid groups (broad SMARTS) is 1. The van der Waals surface area contributed by atoms with Gasteiger partial charge in [0.15, 0.2) is 0 Å². The fourth-order valence-corrected chi connectivity index (χ4v) is 3.99. The smallest absolute Gasteiger partial charge is 0.321 e. The van der Waals surface area contributed by atoms with E-state index in [2.05, 4.69) is 0 Å². The van der Waals surface area contributed by atoms with Crippen LogP contribution in [0, 0.1) is 11.2 Å². The summed E-state index contributed by atoms with van der Waals surface area (Å²) in [5.41, 5.74) is -0.216. The van der Waals surface area contributed by atoms with Crippen molar-refractivity contribution >= 4 is 17.7 Å². The molecular formula is C16H22FNO2S. The van der Waals surface area contributed by atoms with E-state index in [1.165, 1.54) is 17.8 Å². The van der Waals surface area contributed by atoms with E-state index in [0.29, 0.717) is 17.2 Å². The van der Waals surface area contributed by atoms with E-state index in [0.717, 1.165) is 19.4 Å². The lowest BCUT2D eigenvalue weighted by atomic mass is 9.76. The summed E-state index contributed by atoms with van der Waals surface area (Å²) in [7, 11) is 0. The Labute approximate surface area is 129 Å². The van der Waals surface area contributed by atoms with E-state index in [1.807, 2.05) is 24.8 Å². The maximum Gasteiger partial charge on any atom is 0.321 e. The number of likely N-dealkylation sites (tertiary alicyclic amines) is 1. The van der Waals surface area contributed by atoms with Gasteiger partial charge in [-0.15, -0.1) is 11.8 Å². The van der Waals surface area contributed by atoms with Gasteiger partial charge >= 0.3 is 5.97 Å². The largest absolute Gasteiger partial charge is 0.480 e. The van der Waals surface area contributed by atoms with Gasteiger partial charge in [-0.2, -0.15) is 0 Å². The maximum atomic E-state index is 13.6. The molecule has 0 bridgehead atoms. The van der Waals surface area contributed by atoms with E-state index in [-0.39, 0.29) is 11.2 Å². The van der Waals surface area contributed by atoms with Gasteiger partial charge in [-0.25, -0.2) is 4.39 Å². The van der Waals surface area contributed by atoms with Crippen molar-refractivity contribution < 1.29 is 14.3 Å². The molecule has 116 valence electrons. The first kappa shape index (κ1) is 16.3. The molecule has 0 radical (unpaired) electrons. The zero-order valence-corrected chi connectivity index (χ0v) is 13.3. The lowest BCUT2D eigenvalue weighted by Gasteiger charge is -2.44. The fraction of sp³-hybridized carbons (Fsp3) is 0.562. The molecule has 1 fully saturated rings. The number of piperidine rings is 1. The number of nitrogens with zero attached hydrogens (tertiary/aromatic N) is 1. The summed E-state index contributed by atoms with van der Waals surface area (Å²) in [4.78, 5) is 14.2. The summed E-state index contributed by atoms with van der Waals surface area (Å²) in [5, 5.41) is 9.50. The van der Waals surface area contributed by atoms with Crippen LogP contribution in [0.3, 0.4) is 0 Å². The van der Waals surface area contributed by atoms with Crippen molar-refractivity contribution in [3.05, 3.63) is 30.1 Å². The number of benzene rings is 1. The first-order valence-corrected chi connectivity index (χ1v) is 8.24. The molecule has 3 nitrogen and oxygen atoms in total. The normalized spacial score (nSPS) is 22.1. The van der Waals surface area contributed by atoms with Gasteiger partial charge in [0, 0.05) is 17.2 Å². The molecule has 1 unspecified atom stereocenters. The predicted molar refractivity (Wildman–Crippen MR) is 83.1 cm³/mol. The van der Waals surface area contributed by atoms with Crippen molar-refractivity contribution in [3.63, 3.8) is 0 Å². The molecule has 0 spiro atoms. The van der Waals surface area contributed by atoms with Gasteiger partial charge in [0.05, 0.1) is 0 Å². The molecule has 1 aromatic carbocycles. The van der Waals surface area contributed by atoms with Crippen LogP contribution in [0.5, 0.6) is 0 Å². The Morgan fingerprint density at radius 2 is 2.19 bits per heavy atom. The third kappa shape index (κ3) is 3.98. The van der Waals surface area contributed by atoms with Crippen LogP contribution in [0.25, 0.3) is 0 Å². The van der Waals surface area contributed by atoms with Crippen LogP contribution in [0.1, 0.15) is 26.7 Å². The highest BCUT2D eigenvalue weighted by molar-refractivity contribution is 7.99. The van der Waals surface area contributed by atoms with Crippen LogP contribution in [-0.4, -0.2) is 40.9 Å². The molecule has 0 aliphatic carbocycles. The van der Waals surface area contributed by atoms with E-state index in [9.17, 15) is 14.3 Å². The minimum Gasteiger partial charge on any atom is -0.480 e. The van der Waals surface area contributed by atoms with E-state index >= 15 is 0 Å². The molecule has 1 aromatic rings. The number of rotatable bonds is 5. The highest BCUT2D eigenvalue weighted by atomic mass is 32.2. The van der Waals surface area contributed by atoms with Gasteiger partial charge < -0.3 is 5.11 Å². The van der Waals surface area contributed by atoms with E-state index < -0.39 is 12.0 Å². The monoisotopic (exact) mass is 311 g/mol. The first-order chi connectivity index (χ1) is 9.92. The zero-order chi connectivity index (χ0) is 15.5. The second-order valence-corrected chi connectivity index (χ2v) is 7.28. The van der Waals surface area contributed by atoms with Gasteiger partial charge in [-0.1, -0.05) is 26.0 Å². The molecule has 21 heavy (non-hydrogen) atoms. The highest BCUT2D eigenvalue weighted by Crippen LogP contribution is 2.35. The number of aliphatic carboxylic acids is 1. The summed E-state index contributed by atoms with van der Waals surface area (Å²) >= 11 is 1.44. The summed E-state index contributed by atoms with van der Waals surface area (Å²) in [6, 6.07) is 6.25. The van der Waals surface area contributed by atoms with Crippen LogP contribution < -0.4 is 0 Å². The third-order valence-corrected chi connectivity index (χ3v) is 5.11. The standard InChI is InChI=1S/C16H22FNO2S/c1-16(2)8-5-9-18(14(16)15(19)20)10-11-21-13-7-4-3-6-12(13)17/h3-4,6-7,14H,5,8-11H2,1-2H3,(H,19,20). The molecule has 1 heterocycles. The van der Waals surface area contributed by atoms with Gasteiger partial charge in [0.2, 0.25) is 0 Å². The predicted octanol–water partition coefficient (Wildman–Crippen LogP) is 3.49. The molecule has 0 aromatic heterocycles. The Morgan fingerprint density at radius 3 is 2.86 bits per heavy atom. The third-order valence-electron chi connectivity index (χ3n) is 4.08. The molecule has 0 saturated carbocycles. The van der Waals surface area contributed by atoms with Crippen molar-refractivity contribution in [1.29, 1.82) is 0 Å². The minimum atomic E-state index is -0.754. The van der Waals surface area contributed by atoms with E-state index in [1.54, 1.807) is 12.1 Å². The lowest BCUT2D eigenvalue weighted by Crippen LogP contribution is -2.54. The SMILES string of the molecule is CC1(C)CCCN(CCSc2ccccc2F)C1C(=O)O. The van der Waals surface area contributed by atoms with E-state index in [4.69, 9.17) is 0 Å². The fourth-order valence-electron chi connectivity index (χ4n) is 3.06. The van der Waals surface area contributed by atoms with Crippen molar-refractivity contribution in [3.8, 4) is 0 Å². The number of thioether (sulfide) groups is 1. The molecule has 1 N–H and O–H groups in total. The molecule has 1 aliphatic rings. The van der Waals surface area contributed by atoms with Crippen molar-refractivity contribution in [1.82, 2.24) is 4.90 Å². The minimum absolute atomic E-state index is 0.212. The second kappa shape index (κ2) is 6.79. The average Bonchev–Trinajstić information content (AvgIpc) is 2.39. The van der Waals surface area contributed by atoms with Crippen molar-refractivity contribution in [2.75, 3.05) is 18.8 Å². The number of hydrogen-bond acceptors (Lipinski definition) is 3. The molecule has 1 aliphatic heterocycles. The maximum absolute atomic E-state index is 13.6. The van der Waals surface area contributed by atoms with Crippen LogP contribution in [0.15, 0.2) is 29.2 Å². The summed E-state index contributed by atoms with van der Waals surface area (Å²) in [5.74, 6) is -0.271. The summed E-state index contributed by atoms with van der Waals surface area (Å²) < 4.78 is 13.6. The second-order valence-electron chi connectivity index (χ2n) is 6.15. The Morgan fingerprint density at radius 1 is 1.48 bits per heavy atom. The topological polar surface area (TPSA) is 40.5 Å². The molecule has 1 atom stereocenters.